The van der Waals surface area contributed by atoms with Crippen LogP contribution < -0.4 is 16.7 Å². The minimum Gasteiger partial charge on any atom is -0.339 e. The lowest BCUT2D eigenvalue weighted by molar-refractivity contribution is 0.447. The number of aromatic nitrogens is 3. The van der Waals surface area contributed by atoms with Crippen LogP contribution >= 0.6 is 0 Å². The van der Waals surface area contributed by atoms with Gasteiger partial charge >= 0.3 is 5.69 Å². The summed E-state index contributed by atoms with van der Waals surface area (Å²) in [5, 5.41) is 3.85. The Hall–Kier alpha value is -3.43. The van der Waals surface area contributed by atoms with Gasteiger partial charge in [0.05, 0.1) is 5.69 Å². The number of aromatic amines is 1. The maximum Gasteiger partial charge on any atom is 0.354 e. The topological polar surface area (TPSA) is 88.7 Å². The Morgan fingerprint density at radius 2 is 1.77 bits per heavy atom. The third-order valence-corrected chi connectivity index (χ3v) is 4.90. The van der Waals surface area contributed by atoms with Crippen LogP contribution in [0.2, 0.25) is 0 Å². The molecular formula is C22H20F3N5O. The molecule has 0 bridgehead atoms. The summed E-state index contributed by atoms with van der Waals surface area (Å²) < 4.78 is 41.8. The number of fused-ring (bicyclic) bond motifs is 1. The van der Waals surface area contributed by atoms with Gasteiger partial charge in [-0.25, -0.2) is 18.0 Å². The zero-order chi connectivity index (χ0) is 22.0. The molecule has 0 atom stereocenters. The highest BCUT2D eigenvalue weighted by molar-refractivity contribution is 5.82. The number of H-pyrrole nitrogens is 1. The Kier molecular flexibility index (Phi) is 5.88. The molecule has 0 aliphatic rings. The summed E-state index contributed by atoms with van der Waals surface area (Å²) in [6.07, 6.45) is 2.49. The van der Waals surface area contributed by atoms with Gasteiger partial charge in [0.1, 0.15) is 5.65 Å². The summed E-state index contributed by atoms with van der Waals surface area (Å²) in [7, 11) is 0. The van der Waals surface area contributed by atoms with Crippen LogP contribution in [0.1, 0.15) is 12.0 Å². The quantitative estimate of drug-likeness (QED) is 0.312. The zero-order valence-electron chi connectivity index (χ0n) is 16.5. The van der Waals surface area contributed by atoms with Gasteiger partial charge in [0.25, 0.3) is 0 Å². The minimum atomic E-state index is -1.53. The fraction of sp³-hybridized carbons (Fsp3) is 0.182. The molecule has 0 saturated carbocycles. The van der Waals surface area contributed by atoms with E-state index in [2.05, 4.69) is 15.3 Å². The second kappa shape index (κ2) is 8.75. The lowest BCUT2D eigenvalue weighted by Crippen LogP contribution is -2.20. The molecule has 0 aliphatic carbocycles. The maximum absolute atomic E-state index is 13.6. The molecule has 0 fully saturated rings. The Morgan fingerprint density at radius 3 is 2.45 bits per heavy atom. The van der Waals surface area contributed by atoms with Crippen LogP contribution in [0.25, 0.3) is 28.0 Å². The molecule has 0 saturated heterocycles. The van der Waals surface area contributed by atoms with Gasteiger partial charge in [-0.1, -0.05) is 12.1 Å². The first-order valence-corrected chi connectivity index (χ1v) is 9.73. The van der Waals surface area contributed by atoms with Crippen LogP contribution in [0.15, 0.2) is 53.5 Å². The van der Waals surface area contributed by atoms with Crippen molar-refractivity contribution in [1.29, 1.82) is 0 Å². The third kappa shape index (κ3) is 4.37. The van der Waals surface area contributed by atoms with Crippen molar-refractivity contribution in [2.24, 2.45) is 5.73 Å². The van der Waals surface area contributed by atoms with Crippen LogP contribution in [-0.2, 0) is 6.54 Å². The lowest BCUT2D eigenvalue weighted by atomic mass is 10.1. The molecule has 2 aromatic carbocycles. The van der Waals surface area contributed by atoms with Gasteiger partial charge in [-0.2, -0.15) is 4.98 Å². The van der Waals surface area contributed by atoms with E-state index in [0.717, 1.165) is 30.7 Å². The molecule has 0 radical (unpaired) electrons. The van der Waals surface area contributed by atoms with Crippen LogP contribution in [0.3, 0.4) is 0 Å². The number of rotatable bonds is 7. The number of halogens is 3. The lowest BCUT2D eigenvalue weighted by Gasteiger charge is -2.07. The van der Waals surface area contributed by atoms with E-state index in [0.29, 0.717) is 29.9 Å². The van der Waals surface area contributed by atoms with Crippen molar-refractivity contribution in [2.75, 3.05) is 13.1 Å². The van der Waals surface area contributed by atoms with Gasteiger partial charge in [0, 0.05) is 29.4 Å². The summed E-state index contributed by atoms with van der Waals surface area (Å²) >= 11 is 0. The van der Waals surface area contributed by atoms with Crippen molar-refractivity contribution >= 4 is 11.0 Å². The van der Waals surface area contributed by atoms with E-state index in [1.54, 1.807) is 12.3 Å². The van der Waals surface area contributed by atoms with Crippen LogP contribution in [-0.4, -0.2) is 27.6 Å². The van der Waals surface area contributed by atoms with Gasteiger partial charge in [0.15, 0.2) is 17.5 Å². The number of hydrogen-bond donors (Lipinski definition) is 3. The van der Waals surface area contributed by atoms with Crippen LogP contribution in [0, 0.1) is 17.5 Å². The molecule has 4 aromatic rings. The molecule has 2 heterocycles. The smallest absolute Gasteiger partial charge is 0.339 e. The molecule has 0 spiro atoms. The Labute approximate surface area is 175 Å². The number of hydrogen-bond acceptors (Lipinski definition) is 4. The van der Waals surface area contributed by atoms with E-state index in [1.807, 2.05) is 24.3 Å². The highest BCUT2D eigenvalue weighted by Crippen LogP contribution is 2.26. The van der Waals surface area contributed by atoms with Gasteiger partial charge in [0.2, 0.25) is 0 Å². The van der Waals surface area contributed by atoms with Crippen molar-refractivity contribution in [3.05, 3.63) is 82.2 Å². The van der Waals surface area contributed by atoms with Gasteiger partial charge in [-0.05, 0) is 55.4 Å². The standard InChI is InChI=1S/C22H20F3N5O/c23-17-8-14(9-18(24)20(17)25)19-10-15-12-30(22(31)29-21(15)28-19)16-4-2-13(3-5-16)11-27-7-1-6-26/h2-5,8-10,12,27H,1,6-7,11,26H2,(H,28,29,31). The SMILES string of the molecule is NCCCNCc1ccc(-n2cc3cc(-c4cc(F)c(F)c(F)c4)[nH]c3nc2=O)cc1. The van der Waals surface area contributed by atoms with Gasteiger partial charge < -0.3 is 16.0 Å². The first kappa shape index (κ1) is 20.8. The summed E-state index contributed by atoms with van der Waals surface area (Å²) in [4.78, 5) is 19.4. The molecule has 160 valence electrons. The molecule has 9 heteroatoms. The molecule has 4 N–H and O–H groups in total. The molecule has 6 nitrogen and oxygen atoms in total. The van der Waals surface area contributed by atoms with Crippen molar-refractivity contribution in [3.8, 4) is 16.9 Å². The van der Waals surface area contributed by atoms with Crippen LogP contribution in [0.5, 0.6) is 0 Å². The maximum atomic E-state index is 13.6. The van der Waals surface area contributed by atoms with E-state index in [9.17, 15) is 18.0 Å². The highest BCUT2D eigenvalue weighted by Gasteiger charge is 2.14. The molecular weight excluding hydrogens is 407 g/mol. The molecule has 0 aliphatic heterocycles. The summed E-state index contributed by atoms with van der Waals surface area (Å²) in [5.41, 5.74) is 7.35. The molecule has 0 unspecified atom stereocenters. The fourth-order valence-electron chi connectivity index (χ4n) is 3.28. The van der Waals surface area contributed by atoms with E-state index < -0.39 is 23.1 Å². The summed E-state index contributed by atoms with van der Waals surface area (Å²) in [6.45, 7) is 2.16. The van der Waals surface area contributed by atoms with Gasteiger partial charge in [-0.3, -0.25) is 4.57 Å². The second-order valence-electron chi connectivity index (χ2n) is 7.12. The largest absolute Gasteiger partial charge is 0.354 e. The normalized spacial score (nSPS) is 11.4. The summed E-state index contributed by atoms with van der Waals surface area (Å²) in [5.74, 6) is -4.12. The first-order valence-electron chi connectivity index (χ1n) is 9.73. The highest BCUT2D eigenvalue weighted by atomic mass is 19.2. The molecule has 2 aromatic heterocycles. The average Bonchev–Trinajstić information content (AvgIpc) is 3.17. The molecule has 0 amide bonds. The van der Waals surface area contributed by atoms with E-state index >= 15 is 0 Å². The Morgan fingerprint density at radius 1 is 1.06 bits per heavy atom. The minimum absolute atomic E-state index is 0.111. The number of nitrogens with one attached hydrogen (secondary N) is 2. The van der Waals surface area contributed by atoms with Crippen LogP contribution in [0.4, 0.5) is 13.2 Å². The van der Waals surface area contributed by atoms with E-state index in [4.69, 9.17) is 5.73 Å². The van der Waals surface area contributed by atoms with Crippen molar-refractivity contribution in [2.45, 2.75) is 13.0 Å². The van der Waals surface area contributed by atoms with Crippen molar-refractivity contribution < 1.29 is 13.2 Å². The Balaban J connectivity index is 1.63. The zero-order valence-corrected chi connectivity index (χ0v) is 16.5. The Bertz CT molecular complexity index is 1260. The molecule has 4 rings (SSSR count). The molecule has 31 heavy (non-hydrogen) atoms. The predicted molar refractivity (Wildman–Crippen MR) is 112 cm³/mol. The number of benzene rings is 2. The second-order valence-corrected chi connectivity index (χ2v) is 7.12. The number of nitrogens with two attached hydrogens (primary N) is 1. The monoisotopic (exact) mass is 427 g/mol. The predicted octanol–water partition coefficient (Wildman–Crippen LogP) is 3.24. The summed E-state index contributed by atoms with van der Waals surface area (Å²) in [6, 6.07) is 10.8. The van der Waals surface area contributed by atoms with Crippen molar-refractivity contribution in [1.82, 2.24) is 19.9 Å². The van der Waals surface area contributed by atoms with Crippen molar-refractivity contribution in [3.63, 3.8) is 0 Å². The average molecular weight is 427 g/mol. The number of nitrogens with zero attached hydrogens (tertiary/aromatic N) is 2. The van der Waals surface area contributed by atoms with E-state index in [1.165, 1.54) is 4.57 Å². The van der Waals surface area contributed by atoms with E-state index in [-0.39, 0.29) is 11.2 Å². The fourth-order valence-corrected chi connectivity index (χ4v) is 3.28. The van der Waals surface area contributed by atoms with Gasteiger partial charge in [-0.15, -0.1) is 0 Å². The third-order valence-electron chi connectivity index (χ3n) is 4.90. The first-order chi connectivity index (χ1) is 15.0.